The van der Waals surface area contributed by atoms with Crippen molar-refractivity contribution in [3.05, 3.63) is 85.1 Å². The number of hydrogen-bond donors (Lipinski definition) is 2. The number of nitrogens with one attached hydrogen (secondary N) is 2. The van der Waals surface area contributed by atoms with Crippen LogP contribution in [-0.4, -0.2) is 40.8 Å². The third kappa shape index (κ3) is 5.20. The van der Waals surface area contributed by atoms with Gasteiger partial charge in [0.1, 0.15) is 0 Å². The molecule has 3 amide bonds. The summed E-state index contributed by atoms with van der Waals surface area (Å²) in [6.07, 6.45) is 1.47. The Labute approximate surface area is 173 Å². The lowest BCUT2D eigenvalue weighted by Gasteiger charge is -2.08. The Morgan fingerprint density at radius 3 is 2.37 bits per heavy atom. The number of ether oxygens (including phenoxy) is 1. The number of urea groups is 1. The average Bonchev–Trinajstić information content (AvgIpc) is 3.23. The Morgan fingerprint density at radius 1 is 1.03 bits per heavy atom. The molecule has 8 nitrogen and oxygen atoms in total. The van der Waals surface area contributed by atoms with Gasteiger partial charge in [0.05, 0.1) is 11.4 Å². The number of nitrogens with zero attached hydrogens (tertiary/aromatic N) is 2. The normalized spacial score (nSPS) is 10.1. The van der Waals surface area contributed by atoms with Crippen molar-refractivity contribution in [2.75, 3.05) is 13.2 Å². The maximum absolute atomic E-state index is 12.7. The zero-order valence-corrected chi connectivity index (χ0v) is 16.1. The van der Waals surface area contributed by atoms with E-state index in [1.165, 1.54) is 10.8 Å². The first-order valence-electron chi connectivity index (χ1n) is 9.15. The van der Waals surface area contributed by atoms with Crippen molar-refractivity contribution < 1.29 is 19.1 Å². The molecule has 152 valence electrons. The van der Waals surface area contributed by atoms with Crippen LogP contribution in [0.1, 0.15) is 10.5 Å². The molecular formula is C22H20N4O4. The first kappa shape index (κ1) is 20.5. The van der Waals surface area contributed by atoms with E-state index in [0.29, 0.717) is 11.4 Å². The van der Waals surface area contributed by atoms with Crippen LogP contribution in [0.4, 0.5) is 4.79 Å². The second kappa shape index (κ2) is 9.83. The number of carbonyl (C=O) groups excluding carboxylic acids is 3. The number of hydrogen-bond acceptors (Lipinski definition) is 5. The van der Waals surface area contributed by atoms with E-state index in [1.54, 1.807) is 18.2 Å². The van der Waals surface area contributed by atoms with Crippen LogP contribution >= 0.6 is 0 Å². The van der Waals surface area contributed by atoms with Crippen molar-refractivity contribution >= 4 is 17.9 Å². The Bertz CT molecular complexity index is 1050. The summed E-state index contributed by atoms with van der Waals surface area (Å²) in [7, 11) is 0. The lowest BCUT2D eigenvalue weighted by Crippen LogP contribution is -2.41. The van der Waals surface area contributed by atoms with Gasteiger partial charge < -0.3 is 10.1 Å². The summed E-state index contributed by atoms with van der Waals surface area (Å²) in [5, 5.41) is 8.98. The molecule has 0 atom stereocenters. The number of benzene rings is 2. The third-order valence-electron chi connectivity index (χ3n) is 3.98. The molecule has 0 saturated heterocycles. The molecule has 2 aromatic carbocycles. The van der Waals surface area contributed by atoms with Crippen LogP contribution in [0.25, 0.3) is 16.9 Å². The molecule has 0 saturated carbocycles. The van der Waals surface area contributed by atoms with Gasteiger partial charge in [-0.05, 0) is 18.2 Å². The molecule has 3 rings (SSSR count). The van der Waals surface area contributed by atoms with Crippen LogP contribution in [-0.2, 0) is 9.53 Å². The number of carbonyl (C=O) groups is 3. The van der Waals surface area contributed by atoms with E-state index < -0.39 is 24.5 Å². The van der Waals surface area contributed by atoms with Crippen molar-refractivity contribution in [1.29, 1.82) is 0 Å². The number of amides is 3. The first-order chi connectivity index (χ1) is 14.6. The van der Waals surface area contributed by atoms with E-state index in [4.69, 9.17) is 4.74 Å². The average molecular weight is 404 g/mol. The van der Waals surface area contributed by atoms with E-state index in [1.807, 2.05) is 48.5 Å². The highest BCUT2D eigenvalue weighted by atomic mass is 16.5. The molecule has 1 aromatic heterocycles. The number of imide groups is 1. The number of para-hydroxylation sites is 1. The molecule has 0 unspecified atom stereocenters. The highest BCUT2D eigenvalue weighted by Crippen LogP contribution is 2.22. The van der Waals surface area contributed by atoms with Gasteiger partial charge in [-0.1, -0.05) is 54.6 Å². The quantitative estimate of drug-likeness (QED) is 0.466. The highest BCUT2D eigenvalue weighted by Gasteiger charge is 2.20. The molecule has 0 aliphatic rings. The lowest BCUT2D eigenvalue weighted by molar-refractivity contribution is -0.123. The number of aromatic nitrogens is 2. The van der Waals surface area contributed by atoms with Gasteiger partial charge >= 0.3 is 12.0 Å². The van der Waals surface area contributed by atoms with Gasteiger partial charge in [-0.15, -0.1) is 6.58 Å². The number of rotatable bonds is 7. The van der Waals surface area contributed by atoms with E-state index >= 15 is 0 Å². The predicted octanol–water partition coefficient (Wildman–Crippen LogP) is 2.71. The fraction of sp³-hybridized carbons (Fsp3) is 0.0909. The van der Waals surface area contributed by atoms with Crippen LogP contribution in [0, 0.1) is 0 Å². The van der Waals surface area contributed by atoms with Crippen LogP contribution < -0.4 is 10.6 Å². The second-order valence-corrected chi connectivity index (χ2v) is 6.15. The molecule has 30 heavy (non-hydrogen) atoms. The summed E-state index contributed by atoms with van der Waals surface area (Å²) in [4.78, 5) is 36.0. The van der Waals surface area contributed by atoms with Crippen molar-refractivity contribution in [1.82, 2.24) is 20.4 Å². The van der Waals surface area contributed by atoms with Crippen LogP contribution in [0.3, 0.4) is 0 Å². The summed E-state index contributed by atoms with van der Waals surface area (Å²) in [5.41, 5.74) is 2.24. The fourth-order valence-electron chi connectivity index (χ4n) is 2.62. The molecule has 3 aromatic rings. The Balaban J connectivity index is 1.77. The van der Waals surface area contributed by atoms with E-state index in [2.05, 4.69) is 22.3 Å². The van der Waals surface area contributed by atoms with Gasteiger partial charge in [0.2, 0.25) is 0 Å². The van der Waals surface area contributed by atoms with Crippen molar-refractivity contribution in [3.63, 3.8) is 0 Å². The zero-order valence-electron chi connectivity index (χ0n) is 16.1. The summed E-state index contributed by atoms with van der Waals surface area (Å²) in [6.45, 7) is 3.05. The molecule has 0 spiro atoms. The summed E-state index contributed by atoms with van der Waals surface area (Å²) >= 11 is 0. The van der Waals surface area contributed by atoms with Gasteiger partial charge in [-0.3, -0.25) is 10.1 Å². The SMILES string of the molecule is C=CCNC(=O)NC(=O)COC(=O)c1cc(-c2ccccc2)nn1-c1ccccc1. The van der Waals surface area contributed by atoms with Crippen LogP contribution in [0.2, 0.25) is 0 Å². The summed E-state index contributed by atoms with van der Waals surface area (Å²) in [5.74, 6) is -1.49. The van der Waals surface area contributed by atoms with Gasteiger partial charge in [0.15, 0.2) is 12.3 Å². The van der Waals surface area contributed by atoms with Crippen LogP contribution in [0.15, 0.2) is 79.4 Å². The van der Waals surface area contributed by atoms with Crippen molar-refractivity contribution in [3.8, 4) is 16.9 Å². The smallest absolute Gasteiger partial charge is 0.357 e. The van der Waals surface area contributed by atoms with Crippen molar-refractivity contribution in [2.45, 2.75) is 0 Å². The van der Waals surface area contributed by atoms with E-state index in [0.717, 1.165) is 5.56 Å². The first-order valence-corrected chi connectivity index (χ1v) is 9.15. The maximum Gasteiger partial charge on any atom is 0.357 e. The molecule has 0 radical (unpaired) electrons. The zero-order chi connectivity index (χ0) is 21.3. The van der Waals surface area contributed by atoms with Gasteiger partial charge in [0.25, 0.3) is 5.91 Å². The standard InChI is InChI=1S/C22H20N4O4/c1-2-13-23-22(29)24-20(27)15-30-21(28)19-14-18(16-9-5-3-6-10-16)25-26(19)17-11-7-4-8-12-17/h2-12,14H,1,13,15H2,(H2,23,24,27,29). The molecule has 1 heterocycles. The maximum atomic E-state index is 12.7. The summed E-state index contributed by atoms with van der Waals surface area (Å²) in [6, 6.07) is 19.4. The predicted molar refractivity (Wildman–Crippen MR) is 111 cm³/mol. The van der Waals surface area contributed by atoms with Gasteiger partial charge in [-0.25, -0.2) is 14.3 Å². The monoisotopic (exact) mass is 404 g/mol. The number of esters is 1. The molecule has 2 N–H and O–H groups in total. The topological polar surface area (TPSA) is 102 Å². The molecule has 0 aliphatic heterocycles. The van der Waals surface area contributed by atoms with Gasteiger partial charge in [-0.2, -0.15) is 5.10 Å². The lowest BCUT2D eigenvalue weighted by atomic mass is 10.1. The molecule has 0 bridgehead atoms. The second-order valence-electron chi connectivity index (χ2n) is 6.15. The molecular weight excluding hydrogens is 384 g/mol. The van der Waals surface area contributed by atoms with Crippen molar-refractivity contribution in [2.24, 2.45) is 0 Å². The minimum Gasteiger partial charge on any atom is -0.451 e. The Hall–Kier alpha value is -4.20. The fourth-order valence-corrected chi connectivity index (χ4v) is 2.62. The Kier molecular flexibility index (Phi) is 6.73. The summed E-state index contributed by atoms with van der Waals surface area (Å²) < 4.78 is 6.55. The van der Waals surface area contributed by atoms with E-state index in [9.17, 15) is 14.4 Å². The van der Waals surface area contributed by atoms with Gasteiger partial charge in [0, 0.05) is 12.1 Å². The highest BCUT2D eigenvalue weighted by molar-refractivity contribution is 5.97. The Morgan fingerprint density at radius 2 is 1.70 bits per heavy atom. The van der Waals surface area contributed by atoms with E-state index in [-0.39, 0.29) is 12.2 Å². The minimum absolute atomic E-state index is 0.156. The molecule has 8 heteroatoms. The minimum atomic E-state index is -0.751. The molecule has 0 aliphatic carbocycles. The molecule has 0 fully saturated rings. The third-order valence-corrected chi connectivity index (χ3v) is 3.98. The largest absolute Gasteiger partial charge is 0.451 e. The van der Waals surface area contributed by atoms with Crippen LogP contribution in [0.5, 0.6) is 0 Å².